The van der Waals surface area contributed by atoms with Crippen LogP contribution in [0.4, 0.5) is 4.39 Å². The minimum atomic E-state index is -3.74. The Hall–Kier alpha value is -3.65. The van der Waals surface area contributed by atoms with Gasteiger partial charge in [0.1, 0.15) is 11.5 Å². The fourth-order valence-electron chi connectivity index (χ4n) is 6.62. The minimum absolute atomic E-state index is 0.0864. The third-order valence-electron chi connectivity index (χ3n) is 8.80. The van der Waals surface area contributed by atoms with Gasteiger partial charge in [0.25, 0.3) is 0 Å². The van der Waals surface area contributed by atoms with Gasteiger partial charge in [0.05, 0.1) is 21.7 Å². The maximum Gasteiger partial charge on any atom is 0.188 e. The molecule has 0 bridgehead atoms. The van der Waals surface area contributed by atoms with Crippen molar-refractivity contribution in [3.8, 4) is 5.69 Å². The summed E-state index contributed by atoms with van der Waals surface area (Å²) in [5.41, 5.74) is 2.94. The van der Waals surface area contributed by atoms with Gasteiger partial charge in [-0.05, 0) is 94.0 Å². The Morgan fingerprint density at radius 2 is 1.77 bits per heavy atom. The van der Waals surface area contributed by atoms with Crippen LogP contribution in [-0.4, -0.2) is 33.5 Å². The highest BCUT2D eigenvalue weighted by molar-refractivity contribution is 7.92. The molecule has 0 aliphatic heterocycles. The van der Waals surface area contributed by atoms with Crippen molar-refractivity contribution in [1.82, 2.24) is 14.5 Å². The van der Waals surface area contributed by atoms with Crippen molar-refractivity contribution in [2.45, 2.75) is 55.6 Å². The van der Waals surface area contributed by atoms with Crippen molar-refractivity contribution in [2.75, 3.05) is 0 Å². The van der Waals surface area contributed by atoms with Gasteiger partial charge >= 0.3 is 0 Å². The Kier molecular flexibility index (Phi) is 6.06. The molecule has 2 aromatic carbocycles. The van der Waals surface area contributed by atoms with E-state index in [1.165, 1.54) is 12.1 Å². The smallest absolute Gasteiger partial charge is 0.188 e. The second kappa shape index (κ2) is 9.23. The number of aromatic nitrogens is 3. The first-order valence-electron chi connectivity index (χ1n) is 13.2. The lowest BCUT2D eigenvalue weighted by atomic mass is 9.55. The molecular formula is C31H30FN3O3S. The van der Waals surface area contributed by atoms with Crippen LogP contribution in [0.15, 0.2) is 84.1 Å². The van der Waals surface area contributed by atoms with Crippen molar-refractivity contribution < 1.29 is 17.6 Å². The van der Waals surface area contributed by atoms with Crippen LogP contribution >= 0.6 is 0 Å². The van der Waals surface area contributed by atoms with Gasteiger partial charge in [-0.25, -0.2) is 17.8 Å². The van der Waals surface area contributed by atoms with Crippen molar-refractivity contribution in [2.24, 2.45) is 11.3 Å². The predicted molar refractivity (Wildman–Crippen MR) is 146 cm³/mol. The molecule has 2 aromatic heterocycles. The topological polar surface area (TPSA) is 81.9 Å². The van der Waals surface area contributed by atoms with Gasteiger partial charge in [0.15, 0.2) is 15.6 Å². The second-order valence-corrected chi connectivity index (χ2v) is 13.7. The van der Waals surface area contributed by atoms with Gasteiger partial charge in [-0.3, -0.25) is 9.78 Å². The maximum atomic E-state index is 14.3. The minimum Gasteiger partial charge on any atom is -0.303 e. The Bertz CT molecular complexity index is 1650. The number of Topliss-reactive ketones (excluding diaryl/α,β-unsaturated/α-hetero) is 1. The number of pyridine rings is 1. The molecule has 4 aromatic rings. The maximum absolute atomic E-state index is 14.3. The van der Waals surface area contributed by atoms with Gasteiger partial charge in [0.2, 0.25) is 0 Å². The van der Waals surface area contributed by atoms with Crippen molar-refractivity contribution >= 4 is 15.6 Å². The Morgan fingerprint density at radius 1 is 1.03 bits per heavy atom. The molecule has 1 fully saturated rings. The summed E-state index contributed by atoms with van der Waals surface area (Å²) >= 11 is 0. The fourth-order valence-corrected chi connectivity index (χ4v) is 8.52. The van der Waals surface area contributed by atoms with Crippen LogP contribution < -0.4 is 0 Å². The van der Waals surface area contributed by atoms with E-state index in [0.29, 0.717) is 31.4 Å². The lowest BCUT2D eigenvalue weighted by molar-refractivity contribution is 0.0403. The average molecular weight is 544 g/mol. The molecule has 2 heterocycles. The molecule has 2 aliphatic rings. The number of carbonyl (C=O) groups is 1. The number of imidazole rings is 1. The number of hydrogen-bond donors (Lipinski definition) is 0. The van der Waals surface area contributed by atoms with Crippen molar-refractivity contribution in [1.29, 1.82) is 0 Å². The monoisotopic (exact) mass is 543 g/mol. The molecule has 200 valence electrons. The summed E-state index contributed by atoms with van der Waals surface area (Å²) in [5, 5.41) is 0. The van der Waals surface area contributed by atoms with E-state index < -0.39 is 20.0 Å². The van der Waals surface area contributed by atoms with E-state index in [-0.39, 0.29) is 28.8 Å². The van der Waals surface area contributed by atoms with Crippen LogP contribution in [0.5, 0.6) is 0 Å². The normalized spacial score (nSPS) is 24.5. The van der Waals surface area contributed by atoms with Crippen LogP contribution in [0.2, 0.25) is 0 Å². The standard InChI is InChI=1S/C31H30FN3O3S/c1-21-6-12-25(13-7-21)39(37,38)30(2)15-14-22-17-28-27(34-20-35(28)24-10-8-23(32)9-11-24)18-31(22,19-30)29(36)26-5-3-4-16-33-26/h3-13,16,20,22H,14-15,17-19H2,1-2H3/t22?,30-,31-/m0/s1. The van der Waals surface area contributed by atoms with E-state index >= 15 is 0 Å². The van der Waals surface area contributed by atoms with E-state index in [2.05, 4.69) is 4.98 Å². The fraction of sp³-hybridized carbons (Fsp3) is 0.323. The van der Waals surface area contributed by atoms with Crippen LogP contribution in [0, 0.1) is 24.1 Å². The van der Waals surface area contributed by atoms with Crippen LogP contribution in [0.25, 0.3) is 5.69 Å². The third-order valence-corrected chi connectivity index (χ3v) is 11.3. The number of nitrogens with zero attached hydrogens (tertiary/aromatic N) is 3. The molecule has 0 saturated heterocycles. The van der Waals surface area contributed by atoms with E-state index in [9.17, 15) is 17.6 Å². The quantitative estimate of drug-likeness (QED) is 0.301. The Labute approximate surface area is 227 Å². The lowest BCUT2D eigenvalue weighted by Crippen LogP contribution is -2.55. The summed E-state index contributed by atoms with van der Waals surface area (Å²) in [6, 6.07) is 18.5. The third kappa shape index (κ3) is 4.13. The molecule has 6 rings (SSSR count). The number of rotatable bonds is 5. The Balaban J connectivity index is 1.45. The van der Waals surface area contributed by atoms with Gasteiger partial charge in [-0.2, -0.15) is 0 Å². The first-order chi connectivity index (χ1) is 18.6. The molecule has 1 saturated carbocycles. The number of carbonyl (C=O) groups excluding carboxylic acids is 1. The van der Waals surface area contributed by atoms with E-state index in [1.807, 2.05) is 23.6 Å². The summed E-state index contributed by atoms with van der Waals surface area (Å²) < 4.78 is 42.6. The Morgan fingerprint density at radius 3 is 2.46 bits per heavy atom. The van der Waals surface area contributed by atoms with E-state index in [4.69, 9.17) is 4.98 Å². The summed E-state index contributed by atoms with van der Waals surface area (Å²) in [4.78, 5) is 23.7. The predicted octanol–water partition coefficient (Wildman–Crippen LogP) is 5.72. The number of ketones is 1. The van der Waals surface area contributed by atoms with Crippen LogP contribution in [-0.2, 0) is 22.7 Å². The molecule has 8 heteroatoms. The highest BCUT2D eigenvalue weighted by atomic mass is 32.2. The number of fused-ring (bicyclic) bond motifs is 2. The highest BCUT2D eigenvalue weighted by Gasteiger charge is 2.59. The number of benzene rings is 2. The summed E-state index contributed by atoms with van der Waals surface area (Å²) in [7, 11) is -3.74. The zero-order valence-electron chi connectivity index (χ0n) is 22.0. The highest BCUT2D eigenvalue weighted by Crippen LogP contribution is 2.56. The molecule has 1 unspecified atom stereocenters. The molecule has 0 spiro atoms. The van der Waals surface area contributed by atoms with Crippen LogP contribution in [0.3, 0.4) is 0 Å². The van der Waals surface area contributed by atoms with Gasteiger partial charge in [-0.1, -0.05) is 23.8 Å². The molecule has 0 amide bonds. The number of hydrogen-bond acceptors (Lipinski definition) is 5. The average Bonchev–Trinajstić information content (AvgIpc) is 3.34. The number of halogens is 1. The molecule has 0 radical (unpaired) electrons. The van der Waals surface area contributed by atoms with Gasteiger partial charge in [0, 0.05) is 29.4 Å². The summed E-state index contributed by atoms with van der Waals surface area (Å²) in [6.07, 6.45) is 5.44. The largest absolute Gasteiger partial charge is 0.303 e. The summed E-state index contributed by atoms with van der Waals surface area (Å²) in [5.74, 6) is -0.522. The zero-order chi connectivity index (χ0) is 27.4. The molecular weight excluding hydrogens is 513 g/mol. The number of aryl methyl sites for hydroxylation is 1. The summed E-state index contributed by atoms with van der Waals surface area (Å²) in [6.45, 7) is 3.72. The number of sulfone groups is 1. The molecule has 2 aliphatic carbocycles. The molecule has 6 nitrogen and oxygen atoms in total. The van der Waals surface area contributed by atoms with Crippen LogP contribution in [0.1, 0.15) is 53.6 Å². The lowest BCUT2D eigenvalue weighted by Gasteiger charge is -2.51. The first-order valence-corrected chi connectivity index (χ1v) is 14.7. The van der Waals surface area contributed by atoms with E-state index in [0.717, 1.165) is 22.6 Å². The SMILES string of the molecule is Cc1ccc(S(=O)(=O)[C@@]2(C)CCC3Cc4c(ncn4-c4ccc(F)cc4)C[C@]3(C(=O)c3ccccn3)C2)cc1. The first kappa shape index (κ1) is 25.6. The van der Waals surface area contributed by atoms with Crippen molar-refractivity contribution in [3.63, 3.8) is 0 Å². The molecule has 3 atom stereocenters. The molecule has 0 N–H and O–H groups in total. The van der Waals surface area contributed by atoms with Gasteiger partial charge < -0.3 is 4.57 Å². The second-order valence-electron chi connectivity index (χ2n) is 11.2. The molecule has 39 heavy (non-hydrogen) atoms. The zero-order valence-corrected chi connectivity index (χ0v) is 22.8. The van der Waals surface area contributed by atoms with E-state index in [1.54, 1.807) is 61.9 Å². The van der Waals surface area contributed by atoms with Crippen molar-refractivity contribution in [3.05, 3.63) is 108 Å². The van der Waals surface area contributed by atoms with Gasteiger partial charge in [-0.15, -0.1) is 0 Å².